The molecule has 1 saturated carbocycles. The van der Waals surface area contributed by atoms with Gasteiger partial charge in [0.15, 0.2) is 0 Å². The largest absolute Gasteiger partial charge is 0.371 e. The molecule has 0 spiro atoms. The average molecular weight is 274 g/mol. The van der Waals surface area contributed by atoms with Crippen LogP contribution < -0.4 is 0 Å². The van der Waals surface area contributed by atoms with E-state index in [1.807, 2.05) is 5.38 Å². The van der Waals surface area contributed by atoms with Gasteiger partial charge in [-0.2, -0.15) is 0 Å². The molecule has 0 amide bonds. The molecular formula is C13H20ClNOS. The number of halogens is 1. The maximum absolute atomic E-state index is 5.95. The van der Waals surface area contributed by atoms with Crippen LogP contribution in [0.25, 0.3) is 0 Å². The van der Waals surface area contributed by atoms with Gasteiger partial charge in [0.2, 0.25) is 0 Å². The Balaban J connectivity index is 1.78. The Morgan fingerprint density at radius 2 is 2.24 bits per heavy atom. The molecule has 96 valence electrons. The summed E-state index contributed by atoms with van der Waals surface area (Å²) in [5.74, 6) is 2.12. The lowest BCUT2D eigenvalue weighted by Gasteiger charge is -2.31. The smallest absolute Gasteiger partial charge is 0.119 e. The molecule has 3 unspecified atom stereocenters. The molecule has 3 atom stereocenters. The molecule has 0 aliphatic heterocycles. The standard InChI is InChI=1S/C13H20ClNOS/c1-9-3-4-12(5-10(9)2)16-7-13-15-11(6-14)8-17-13/h8-10,12H,3-7H2,1-2H3. The van der Waals surface area contributed by atoms with E-state index in [0.29, 0.717) is 18.6 Å². The Bertz CT molecular complexity index is 355. The van der Waals surface area contributed by atoms with Gasteiger partial charge in [0.05, 0.1) is 24.3 Å². The molecule has 1 aliphatic carbocycles. The minimum Gasteiger partial charge on any atom is -0.371 e. The summed E-state index contributed by atoms with van der Waals surface area (Å²) in [5.41, 5.74) is 0.959. The highest BCUT2D eigenvalue weighted by Gasteiger charge is 2.25. The second-order valence-electron chi connectivity index (χ2n) is 5.07. The van der Waals surface area contributed by atoms with Gasteiger partial charge in [0.25, 0.3) is 0 Å². The van der Waals surface area contributed by atoms with Crippen molar-refractivity contribution in [2.75, 3.05) is 0 Å². The third-order valence-corrected chi connectivity index (χ3v) is 4.87. The van der Waals surface area contributed by atoms with E-state index in [-0.39, 0.29) is 0 Å². The lowest BCUT2D eigenvalue weighted by molar-refractivity contribution is -0.00753. The Hall–Kier alpha value is -0.120. The highest BCUT2D eigenvalue weighted by Crippen LogP contribution is 2.31. The van der Waals surface area contributed by atoms with Crippen LogP contribution >= 0.6 is 22.9 Å². The van der Waals surface area contributed by atoms with Gasteiger partial charge in [-0.3, -0.25) is 0 Å². The fourth-order valence-electron chi connectivity index (χ4n) is 2.32. The van der Waals surface area contributed by atoms with E-state index in [4.69, 9.17) is 16.3 Å². The third-order valence-electron chi connectivity index (χ3n) is 3.73. The van der Waals surface area contributed by atoms with Crippen molar-refractivity contribution in [3.8, 4) is 0 Å². The average Bonchev–Trinajstić information content (AvgIpc) is 2.79. The topological polar surface area (TPSA) is 22.1 Å². The second-order valence-corrected chi connectivity index (χ2v) is 6.28. The number of thiazole rings is 1. The summed E-state index contributed by atoms with van der Waals surface area (Å²) in [7, 11) is 0. The highest BCUT2D eigenvalue weighted by atomic mass is 35.5. The van der Waals surface area contributed by atoms with Crippen LogP contribution in [-0.4, -0.2) is 11.1 Å². The summed E-state index contributed by atoms with van der Waals surface area (Å²) < 4.78 is 5.95. The number of alkyl halides is 1. The number of hydrogen-bond acceptors (Lipinski definition) is 3. The van der Waals surface area contributed by atoms with Crippen LogP contribution in [0.2, 0.25) is 0 Å². The fourth-order valence-corrected chi connectivity index (χ4v) is 3.26. The van der Waals surface area contributed by atoms with Crippen molar-refractivity contribution in [3.63, 3.8) is 0 Å². The molecule has 1 aliphatic rings. The Labute approximate surface area is 112 Å². The summed E-state index contributed by atoms with van der Waals surface area (Å²) in [6.07, 6.45) is 4.09. The molecular weight excluding hydrogens is 254 g/mol. The Kier molecular flexibility index (Phi) is 4.83. The molecule has 2 rings (SSSR count). The molecule has 0 radical (unpaired) electrons. The lowest BCUT2D eigenvalue weighted by atomic mass is 9.80. The van der Waals surface area contributed by atoms with E-state index in [1.54, 1.807) is 11.3 Å². The van der Waals surface area contributed by atoms with Crippen LogP contribution in [0.5, 0.6) is 0 Å². The van der Waals surface area contributed by atoms with Gasteiger partial charge in [-0.1, -0.05) is 13.8 Å². The molecule has 2 nitrogen and oxygen atoms in total. The summed E-state index contributed by atoms with van der Waals surface area (Å²) >= 11 is 7.37. The van der Waals surface area contributed by atoms with Gasteiger partial charge in [0.1, 0.15) is 5.01 Å². The minimum atomic E-state index is 0.421. The van der Waals surface area contributed by atoms with Gasteiger partial charge >= 0.3 is 0 Å². The van der Waals surface area contributed by atoms with Crippen molar-refractivity contribution in [1.29, 1.82) is 0 Å². The zero-order chi connectivity index (χ0) is 12.3. The van der Waals surface area contributed by atoms with Crippen molar-refractivity contribution in [1.82, 2.24) is 4.98 Å². The number of aromatic nitrogens is 1. The zero-order valence-corrected chi connectivity index (χ0v) is 12.1. The summed E-state index contributed by atoms with van der Waals surface area (Å²) in [5, 5.41) is 3.06. The first-order valence-corrected chi connectivity index (χ1v) is 7.71. The van der Waals surface area contributed by atoms with E-state index in [9.17, 15) is 0 Å². The van der Waals surface area contributed by atoms with Crippen molar-refractivity contribution in [2.45, 2.75) is 51.7 Å². The van der Waals surface area contributed by atoms with E-state index in [2.05, 4.69) is 18.8 Å². The monoisotopic (exact) mass is 273 g/mol. The molecule has 0 saturated heterocycles. The van der Waals surface area contributed by atoms with Crippen LogP contribution in [-0.2, 0) is 17.2 Å². The maximum Gasteiger partial charge on any atom is 0.119 e. The summed E-state index contributed by atoms with van der Waals surface area (Å²) in [6.45, 7) is 5.32. The van der Waals surface area contributed by atoms with Crippen molar-refractivity contribution < 1.29 is 4.74 Å². The predicted octanol–water partition coefficient (Wildman–Crippen LogP) is 4.22. The fraction of sp³-hybridized carbons (Fsp3) is 0.769. The predicted molar refractivity (Wildman–Crippen MR) is 72.4 cm³/mol. The van der Waals surface area contributed by atoms with Crippen LogP contribution in [0.1, 0.15) is 43.8 Å². The quantitative estimate of drug-likeness (QED) is 0.766. The van der Waals surface area contributed by atoms with Crippen molar-refractivity contribution >= 4 is 22.9 Å². The van der Waals surface area contributed by atoms with Gasteiger partial charge in [0, 0.05) is 5.38 Å². The second kappa shape index (κ2) is 6.17. The van der Waals surface area contributed by atoms with Gasteiger partial charge < -0.3 is 4.74 Å². The molecule has 1 aromatic rings. The van der Waals surface area contributed by atoms with Gasteiger partial charge in [-0.25, -0.2) is 4.98 Å². The first-order chi connectivity index (χ1) is 8.19. The molecule has 1 aromatic heterocycles. The SMILES string of the molecule is CC1CCC(OCc2nc(CCl)cs2)CC1C. The molecule has 1 fully saturated rings. The Morgan fingerprint density at radius 1 is 1.41 bits per heavy atom. The van der Waals surface area contributed by atoms with Crippen molar-refractivity contribution in [3.05, 3.63) is 16.1 Å². The molecule has 1 heterocycles. The van der Waals surface area contributed by atoms with Gasteiger partial charge in [-0.15, -0.1) is 22.9 Å². The van der Waals surface area contributed by atoms with Crippen LogP contribution in [0, 0.1) is 11.8 Å². The molecule has 0 aromatic carbocycles. The Morgan fingerprint density at radius 3 is 2.88 bits per heavy atom. The number of rotatable bonds is 4. The van der Waals surface area contributed by atoms with E-state index >= 15 is 0 Å². The zero-order valence-electron chi connectivity index (χ0n) is 10.5. The van der Waals surface area contributed by atoms with E-state index in [1.165, 1.54) is 19.3 Å². The maximum atomic E-state index is 5.95. The van der Waals surface area contributed by atoms with E-state index < -0.39 is 0 Å². The number of nitrogens with zero attached hydrogens (tertiary/aromatic N) is 1. The summed E-state index contributed by atoms with van der Waals surface area (Å²) in [6, 6.07) is 0. The van der Waals surface area contributed by atoms with Crippen molar-refractivity contribution in [2.24, 2.45) is 11.8 Å². The van der Waals surface area contributed by atoms with E-state index in [0.717, 1.165) is 22.5 Å². The molecule has 0 N–H and O–H groups in total. The number of ether oxygens (including phenoxy) is 1. The normalized spacial score (nSPS) is 29.5. The first-order valence-electron chi connectivity index (χ1n) is 6.30. The molecule has 4 heteroatoms. The molecule has 0 bridgehead atoms. The highest BCUT2D eigenvalue weighted by molar-refractivity contribution is 7.09. The first kappa shape index (κ1) is 13.3. The lowest BCUT2D eigenvalue weighted by Crippen LogP contribution is -2.26. The molecule has 17 heavy (non-hydrogen) atoms. The van der Waals surface area contributed by atoms with Gasteiger partial charge in [-0.05, 0) is 31.1 Å². The minimum absolute atomic E-state index is 0.421. The van der Waals surface area contributed by atoms with Crippen LogP contribution in [0.3, 0.4) is 0 Å². The third kappa shape index (κ3) is 3.67. The van der Waals surface area contributed by atoms with Crippen LogP contribution in [0.4, 0.5) is 0 Å². The summed E-state index contributed by atoms with van der Waals surface area (Å²) in [4.78, 5) is 4.41. The number of hydrogen-bond donors (Lipinski definition) is 0. The van der Waals surface area contributed by atoms with Crippen LogP contribution in [0.15, 0.2) is 5.38 Å².